The van der Waals surface area contributed by atoms with Crippen LogP contribution >= 0.6 is 11.5 Å². The lowest BCUT2D eigenvalue weighted by Crippen LogP contribution is -1.87. The average molecular weight is 140 g/mol. The zero-order valence-corrected chi connectivity index (χ0v) is 4.91. The van der Waals surface area contributed by atoms with E-state index in [9.17, 15) is 0 Å². The van der Waals surface area contributed by atoms with Crippen molar-refractivity contribution in [3.05, 3.63) is 0 Å². The van der Waals surface area contributed by atoms with Crippen molar-refractivity contribution in [2.24, 2.45) is 0 Å². The Morgan fingerprint density at radius 2 is 1.89 bits per heavy atom. The van der Waals surface area contributed by atoms with E-state index in [0.29, 0.717) is 10.8 Å². The van der Waals surface area contributed by atoms with Gasteiger partial charge in [0.25, 0.3) is 0 Å². The molecule has 0 N–H and O–H groups in total. The normalized spacial score (nSPS) is 10.2. The monoisotopic (exact) mass is 140 g/mol. The van der Waals surface area contributed by atoms with Crippen LogP contribution in [0.5, 0.6) is 0 Å². The molecule has 9 heavy (non-hydrogen) atoms. The second kappa shape index (κ2) is 1.62. The first-order valence-electron chi connectivity index (χ1n) is 2.11. The maximum Gasteiger partial charge on any atom is 0.239 e. The molecular weight excluding hydrogens is 140 g/mol. The molecule has 0 bridgehead atoms. The number of aromatic nitrogens is 6. The molecule has 6 nitrogen and oxygen atoms in total. The van der Waals surface area contributed by atoms with Gasteiger partial charge in [0, 0.05) is 11.5 Å². The smallest absolute Gasteiger partial charge is 0.114 e. The summed E-state index contributed by atoms with van der Waals surface area (Å²) in [7, 11) is 0. The molecule has 0 aliphatic carbocycles. The standard InChI is InChI=1S/C2N6S/c3-1-2(5-6-3)9-8-7-4-1. The number of hydrogen-bond donors (Lipinski definition) is 0. The lowest BCUT2D eigenvalue weighted by molar-refractivity contribution is 0.892. The first-order chi connectivity index (χ1) is 4.47. The van der Waals surface area contributed by atoms with Gasteiger partial charge < -0.3 is 0 Å². The van der Waals surface area contributed by atoms with Crippen LogP contribution in [0.2, 0.25) is 0 Å². The Kier molecular flexibility index (Phi) is 0.833. The summed E-state index contributed by atoms with van der Waals surface area (Å²) in [4.78, 5) is 0. The van der Waals surface area contributed by atoms with E-state index in [1.807, 2.05) is 0 Å². The maximum absolute atomic E-state index is 3.61. The highest BCUT2D eigenvalue weighted by Gasteiger charge is 2.07. The molecule has 0 fully saturated rings. The highest BCUT2D eigenvalue weighted by atomic mass is 32.1. The second-order valence-corrected chi connectivity index (χ2v) is 2.01. The summed E-state index contributed by atoms with van der Waals surface area (Å²) in [5.74, 6) is 0.454. The molecule has 0 spiro atoms. The van der Waals surface area contributed by atoms with Gasteiger partial charge >= 0.3 is 0 Å². The Bertz CT molecular complexity index is 251. The molecule has 7 heteroatoms. The summed E-state index contributed by atoms with van der Waals surface area (Å²) in [5, 5.41) is 18.1. The van der Waals surface area contributed by atoms with Crippen LogP contribution in [0.15, 0.2) is 0 Å². The Hall–Kier alpha value is -1.24. The minimum atomic E-state index is 0.454. The summed E-state index contributed by atoms with van der Waals surface area (Å²) in [6, 6.07) is 0. The van der Waals surface area contributed by atoms with E-state index in [1.54, 1.807) is 0 Å². The van der Waals surface area contributed by atoms with E-state index in [2.05, 4.69) is 30.2 Å². The van der Waals surface area contributed by atoms with Gasteiger partial charge in [-0.25, -0.2) is 0 Å². The van der Waals surface area contributed by atoms with Crippen molar-refractivity contribution in [2.45, 2.75) is 0 Å². The molecule has 44 valence electrons. The van der Waals surface area contributed by atoms with Gasteiger partial charge in [-0.2, -0.15) is 0 Å². The Morgan fingerprint density at radius 1 is 1.00 bits per heavy atom. The molecule has 0 unspecified atom stereocenters. The molecule has 0 aromatic heterocycles. The van der Waals surface area contributed by atoms with Crippen molar-refractivity contribution in [1.29, 1.82) is 0 Å². The third kappa shape index (κ3) is 0.617. The van der Waals surface area contributed by atoms with E-state index in [1.165, 1.54) is 0 Å². The van der Waals surface area contributed by atoms with Crippen LogP contribution < -0.4 is 0 Å². The van der Waals surface area contributed by atoms with Crippen molar-refractivity contribution < 1.29 is 0 Å². The average Bonchev–Trinajstić information content (AvgIpc) is 2.33. The first-order valence-corrected chi connectivity index (χ1v) is 2.88. The molecule has 0 radical (unpaired) electrons. The zero-order valence-electron chi connectivity index (χ0n) is 4.09. The van der Waals surface area contributed by atoms with Crippen molar-refractivity contribution in [3.8, 4) is 10.8 Å². The van der Waals surface area contributed by atoms with E-state index < -0.39 is 0 Å². The molecule has 0 saturated carbocycles. The molecule has 2 aliphatic rings. The van der Waals surface area contributed by atoms with Crippen LogP contribution in [0.4, 0.5) is 0 Å². The number of fused-ring (bicyclic) bond motifs is 1. The van der Waals surface area contributed by atoms with Crippen molar-refractivity contribution in [1.82, 2.24) is 30.2 Å². The van der Waals surface area contributed by atoms with Crippen LogP contribution in [0.3, 0.4) is 0 Å². The molecule has 2 rings (SSSR count). The van der Waals surface area contributed by atoms with Crippen LogP contribution in [0.25, 0.3) is 10.8 Å². The molecule has 2 heterocycles. The van der Waals surface area contributed by atoms with E-state index in [0.717, 1.165) is 11.5 Å². The van der Waals surface area contributed by atoms with Gasteiger partial charge in [0.15, 0.2) is 0 Å². The Labute approximate surface area is 53.4 Å². The van der Waals surface area contributed by atoms with Gasteiger partial charge in [-0.1, -0.05) is 4.49 Å². The van der Waals surface area contributed by atoms with E-state index >= 15 is 0 Å². The largest absolute Gasteiger partial charge is 0.239 e. The van der Waals surface area contributed by atoms with Gasteiger partial charge in [0.05, 0.1) is 0 Å². The fraction of sp³-hybridized carbons (Fsp3) is 0. The molecule has 0 atom stereocenters. The predicted molar refractivity (Wildman–Crippen MR) is 27.7 cm³/mol. The predicted octanol–water partition coefficient (Wildman–Crippen LogP) is -0.777. The van der Waals surface area contributed by atoms with Gasteiger partial charge in [0.2, 0.25) is 10.8 Å². The molecule has 0 aromatic rings. The van der Waals surface area contributed by atoms with Crippen LogP contribution in [0, 0.1) is 0 Å². The van der Waals surface area contributed by atoms with E-state index in [-0.39, 0.29) is 0 Å². The van der Waals surface area contributed by atoms with Crippen molar-refractivity contribution in [2.75, 3.05) is 0 Å². The minimum Gasteiger partial charge on any atom is -0.114 e. The Balaban J connectivity index is 2.79. The molecule has 2 aliphatic heterocycles. The molecule has 0 amide bonds. The first kappa shape index (κ1) is 4.62. The van der Waals surface area contributed by atoms with Crippen LogP contribution in [0.1, 0.15) is 0 Å². The molecule has 0 saturated heterocycles. The SMILES string of the molecule is n1nsc2nnnc-2n1. The summed E-state index contributed by atoms with van der Waals surface area (Å²) in [6.45, 7) is 0. The van der Waals surface area contributed by atoms with Crippen molar-refractivity contribution in [3.63, 3.8) is 0 Å². The van der Waals surface area contributed by atoms with Gasteiger partial charge in [-0.3, -0.25) is 0 Å². The minimum absolute atomic E-state index is 0.454. The number of hydrogen-bond acceptors (Lipinski definition) is 7. The highest BCUT2D eigenvalue weighted by Crippen LogP contribution is 2.11. The van der Waals surface area contributed by atoms with Gasteiger partial charge in [-0.05, 0) is 10.4 Å². The fourth-order valence-electron chi connectivity index (χ4n) is 0.432. The fourth-order valence-corrected chi connectivity index (χ4v) is 0.819. The van der Waals surface area contributed by atoms with E-state index in [4.69, 9.17) is 0 Å². The van der Waals surface area contributed by atoms with Crippen LogP contribution in [-0.2, 0) is 0 Å². The lowest BCUT2D eigenvalue weighted by atomic mass is 10.7. The second-order valence-electron chi connectivity index (χ2n) is 1.28. The summed E-state index contributed by atoms with van der Waals surface area (Å²) in [6.07, 6.45) is 0. The summed E-state index contributed by atoms with van der Waals surface area (Å²) >= 11 is 1.12. The summed E-state index contributed by atoms with van der Waals surface area (Å²) < 4.78 is 3.52. The summed E-state index contributed by atoms with van der Waals surface area (Å²) in [5.41, 5.74) is 0. The van der Waals surface area contributed by atoms with Gasteiger partial charge in [-0.15, -0.1) is 15.3 Å². The molecular formula is C2N6S. The Morgan fingerprint density at radius 3 is 2.78 bits per heavy atom. The number of rotatable bonds is 0. The van der Waals surface area contributed by atoms with Gasteiger partial charge in [0.1, 0.15) is 0 Å². The third-order valence-corrected chi connectivity index (χ3v) is 1.36. The quantitative estimate of drug-likeness (QED) is 0.477. The maximum atomic E-state index is 3.61. The third-order valence-electron chi connectivity index (χ3n) is 0.770. The topological polar surface area (TPSA) is 77.3 Å². The zero-order chi connectivity index (χ0) is 6.10. The number of nitrogens with zero attached hydrogens (tertiary/aromatic N) is 6. The highest BCUT2D eigenvalue weighted by molar-refractivity contribution is 7.08. The van der Waals surface area contributed by atoms with Crippen molar-refractivity contribution >= 4 is 11.5 Å². The van der Waals surface area contributed by atoms with Crippen LogP contribution in [-0.4, -0.2) is 30.2 Å². The lowest BCUT2D eigenvalue weighted by Gasteiger charge is -1.80. The molecule has 0 aromatic carbocycles.